The van der Waals surface area contributed by atoms with E-state index in [2.05, 4.69) is 43.3 Å². The second-order valence-corrected chi connectivity index (χ2v) is 5.35. The zero-order valence-electron chi connectivity index (χ0n) is 13.0. The highest BCUT2D eigenvalue weighted by molar-refractivity contribution is 5.13. The van der Waals surface area contributed by atoms with Crippen LogP contribution in [-0.4, -0.2) is 6.61 Å². The Labute approximate surface area is 125 Å². The predicted octanol–water partition coefficient (Wildman–Crippen LogP) is 5.90. The van der Waals surface area contributed by atoms with Gasteiger partial charge >= 0.3 is 0 Å². The van der Waals surface area contributed by atoms with Gasteiger partial charge in [-0.2, -0.15) is 0 Å². The number of hydrogen-bond donors (Lipinski definition) is 0. The molecule has 1 aromatic carbocycles. The van der Waals surface area contributed by atoms with Crippen LogP contribution in [0.5, 0.6) is 0 Å². The molecule has 0 amide bonds. The number of benzene rings is 1. The highest BCUT2D eigenvalue weighted by Gasteiger charge is 1.92. The van der Waals surface area contributed by atoms with Gasteiger partial charge in [0.25, 0.3) is 0 Å². The molecule has 0 spiro atoms. The van der Waals surface area contributed by atoms with Gasteiger partial charge in [0.1, 0.15) is 0 Å². The lowest BCUT2D eigenvalue weighted by molar-refractivity contribution is 0.117. The second-order valence-electron chi connectivity index (χ2n) is 5.35. The molecule has 0 fully saturated rings. The maximum Gasteiger partial charge on any atom is 0.0716 e. The minimum Gasteiger partial charge on any atom is -0.377 e. The Bertz CT molecular complexity index is 329. The largest absolute Gasteiger partial charge is 0.377 e. The quantitative estimate of drug-likeness (QED) is 0.340. The molecule has 0 bridgehead atoms. The van der Waals surface area contributed by atoms with Crippen molar-refractivity contribution >= 4 is 0 Å². The third-order valence-corrected chi connectivity index (χ3v) is 3.41. The van der Waals surface area contributed by atoms with Gasteiger partial charge in [0.05, 0.1) is 6.61 Å². The molecular weight excluding hydrogens is 244 g/mol. The molecule has 0 heterocycles. The van der Waals surface area contributed by atoms with E-state index in [0.717, 1.165) is 19.6 Å². The van der Waals surface area contributed by atoms with Gasteiger partial charge < -0.3 is 4.74 Å². The summed E-state index contributed by atoms with van der Waals surface area (Å²) in [7, 11) is 0. The molecule has 0 aliphatic heterocycles. The van der Waals surface area contributed by atoms with Crippen LogP contribution in [-0.2, 0) is 11.3 Å². The first-order chi connectivity index (χ1) is 9.93. The fourth-order valence-corrected chi connectivity index (χ4v) is 2.16. The number of allylic oxidation sites excluding steroid dienone is 2. The summed E-state index contributed by atoms with van der Waals surface area (Å²) in [4.78, 5) is 0. The van der Waals surface area contributed by atoms with E-state index >= 15 is 0 Å². The van der Waals surface area contributed by atoms with Gasteiger partial charge in [-0.1, -0.05) is 68.7 Å². The Balaban J connectivity index is 1.84. The third-order valence-electron chi connectivity index (χ3n) is 3.41. The normalized spacial score (nSPS) is 11.2. The highest BCUT2D eigenvalue weighted by Crippen LogP contribution is 2.05. The lowest BCUT2D eigenvalue weighted by Crippen LogP contribution is -1.95. The van der Waals surface area contributed by atoms with Gasteiger partial charge in [-0.05, 0) is 37.7 Å². The topological polar surface area (TPSA) is 9.23 Å². The summed E-state index contributed by atoms with van der Waals surface area (Å²) in [5.74, 6) is 0. The van der Waals surface area contributed by atoms with Gasteiger partial charge in [-0.15, -0.1) is 0 Å². The van der Waals surface area contributed by atoms with Crippen LogP contribution in [0, 0.1) is 0 Å². The predicted molar refractivity (Wildman–Crippen MR) is 87.8 cm³/mol. The van der Waals surface area contributed by atoms with Crippen LogP contribution in [0.1, 0.15) is 63.9 Å². The van der Waals surface area contributed by atoms with E-state index in [1.165, 1.54) is 50.5 Å². The zero-order chi connectivity index (χ0) is 14.3. The summed E-state index contributed by atoms with van der Waals surface area (Å²) < 4.78 is 5.67. The maximum atomic E-state index is 5.67. The van der Waals surface area contributed by atoms with E-state index in [9.17, 15) is 0 Å². The standard InChI is InChI=1S/C19H30O/c1-2-3-4-5-6-7-8-9-10-14-17-20-18-19-15-12-11-13-16-19/h7-8,11-13,15-16H,2-6,9-10,14,17-18H2,1H3/b8-7+. The molecule has 0 aliphatic rings. The summed E-state index contributed by atoms with van der Waals surface area (Å²) in [5.41, 5.74) is 1.26. The Morgan fingerprint density at radius 2 is 1.55 bits per heavy atom. The molecule has 112 valence electrons. The number of hydrogen-bond acceptors (Lipinski definition) is 1. The van der Waals surface area contributed by atoms with Crippen LogP contribution in [0.2, 0.25) is 0 Å². The van der Waals surface area contributed by atoms with Crippen molar-refractivity contribution in [1.82, 2.24) is 0 Å². The third kappa shape index (κ3) is 9.80. The average Bonchev–Trinajstić information content (AvgIpc) is 2.49. The molecule has 0 saturated carbocycles. The smallest absolute Gasteiger partial charge is 0.0716 e. The van der Waals surface area contributed by atoms with Crippen molar-refractivity contribution in [2.75, 3.05) is 6.61 Å². The van der Waals surface area contributed by atoms with Crippen molar-refractivity contribution in [2.45, 2.75) is 64.9 Å². The Morgan fingerprint density at radius 3 is 2.25 bits per heavy atom. The minimum atomic E-state index is 0.744. The van der Waals surface area contributed by atoms with Crippen LogP contribution in [0.25, 0.3) is 0 Å². The average molecular weight is 274 g/mol. The molecule has 0 aromatic heterocycles. The van der Waals surface area contributed by atoms with Gasteiger partial charge in [-0.25, -0.2) is 0 Å². The van der Waals surface area contributed by atoms with Gasteiger partial charge in [-0.3, -0.25) is 0 Å². The van der Waals surface area contributed by atoms with Crippen molar-refractivity contribution in [2.24, 2.45) is 0 Å². The molecule has 0 N–H and O–H groups in total. The minimum absolute atomic E-state index is 0.744. The zero-order valence-corrected chi connectivity index (χ0v) is 13.0. The Morgan fingerprint density at radius 1 is 0.850 bits per heavy atom. The number of ether oxygens (including phenoxy) is 1. The van der Waals surface area contributed by atoms with E-state index in [0.29, 0.717) is 0 Å². The fourth-order valence-electron chi connectivity index (χ4n) is 2.16. The molecule has 1 heteroatoms. The molecule has 0 radical (unpaired) electrons. The lowest BCUT2D eigenvalue weighted by Gasteiger charge is -2.03. The first-order valence-electron chi connectivity index (χ1n) is 8.20. The van der Waals surface area contributed by atoms with Gasteiger partial charge in [0.15, 0.2) is 0 Å². The summed E-state index contributed by atoms with van der Waals surface area (Å²) in [6, 6.07) is 10.4. The molecule has 0 saturated heterocycles. The first-order valence-corrected chi connectivity index (χ1v) is 8.20. The second kappa shape index (κ2) is 12.9. The van der Waals surface area contributed by atoms with E-state index in [4.69, 9.17) is 4.74 Å². The SMILES string of the molecule is CCCCCC/C=C/CCCCOCc1ccccc1. The summed E-state index contributed by atoms with van der Waals surface area (Å²) >= 11 is 0. The number of rotatable bonds is 12. The maximum absolute atomic E-state index is 5.67. The van der Waals surface area contributed by atoms with Crippen LogP contribution < -0.4 is 0 Å². The van der Waals surface area contributed by atoms with Crippen molar-refractivity contribution in [1.29, 1.82) is 0 Å². The molecule has 0 aliphatic carbocycles. The summed E-state index contributed by atoms with van der Waals surface area (Å²) in [6.07, 6.45) is 15.0. The Hall–Kier alpha value is -1.08. The first kappa shape index (κ1) is 17.0. The van der Waals surface area contributed by atoms with E-state index < -0.39 is 0 Å². The molecule has 1 aromatic rings. The van der Waals surface area contributed by atoms with E-state index in [1.54, 1.807) is 0 Å². The van der Waals surface area contributed by atoms with Crippen LogP contribution in [0.4, 0.5) is 0 Å². The van der Waals surface area contributed by atoms with Gasteiger partial charge in [0, 0.05) is 6.61 Å². The van der Waals surface area contributed by atoms with Crippen molar-refractivity contribution in [3.63, 3.8) is 0 Å². The Kier molecular flexibility index (Phi) is 11.0. The van der Waals surface area contributed by atoms with Gasteiger partial charge in [0.2, 0.25) is 0 Å². The monoisotopic (exact) mass is 274 g/mol. The van der Waals surface area contributed by atoms with Crippen molar-refractivity contribution in [3.05, 3.63) is 48.0 Å². The van der Waals surface area contributed by atoms with E-state index in [1.807, 2.05) is 6.07 Å². The summed E-state index contributed by atoms with van der Waals surface area (Å²) in [5, 5.41) is 0. The molecular formula is C19H30O. The van der Waals surface area contributed by atoms with Crippen LogP contribution in [0.15, 0.2) is 42.5 Å². The molecule has 1 nitrogen and oxygen atoms in total. The molecule has 0 atom stereocenters. The molecule has 1 rings (SSSR count). The van der Waals surface area contributed by atoms with Crippen LogP contribution in [0.3, 0.4) is 0 Å². The number of unbranched alkanes of at least 4 members (excludes halogenated alkanes) is 6. The van der Waals surface area contributed by atoms with Crippen molar-refractivity contribution < 1.29 is 4.74 Å². The van der Waals surface area contributed by atoms with E-state index in [-0.39, 0.29) is 0 Å². The fraction of sp³-hybridized carbons (Fsp3) is 0.579. The van der Waals surface area contributed by atoms with Crippen LogP contribution >= 0.6 is 0 Å². The molecule has 20 heavy (non-hydrogen) atoms. The van der Waals surface area contributed by atoms with Crippen molar-refractivity contribution in [3.8, 4) is 0 Å². The molecule has 0 unspecified atom stereocenters. The highest BCUT2D eigenvalue weighted by atomic mass is 16.5. The summed E-state index contributed by atoms with van der Waals surface area (Å²) in [6.45, 7) is 3.88. The lowest BCUT2D eigenvalue weighted by atomic mass is 10.1.